The number of anilines is 2. The summed E-state index contributed by atoms with van der Waals surface area (Å²) in [5.74, 6) is -1.50. The third-order valence-electron chi connectivity index (χ3n) is 4.13. The van der Waals surface area contributed by atoms with Crippen LogP contribution in [0.15, 0.2) is 60.8 Å². The van der Waals surface area contributed by atoms with Crippen LogP contribution in [0.25, 0.3) is 0 Å². The first-order valence-corrected chi connectivity index (χ1v) is 8.41. The Balaban J connectivity index is 1.87. The molecule has 4 N–H and O–H groups in total. The quantitative estimate of drug-likeness (QED) is 0.592. The number of halogens is 1. The van der Waals surface area contributed by atoms with Gasteiger partial charge in [0.2, 0.25) is 5.95 Å². The minimum Gasteiger partial charge on any atom is -0.481 e. The predicted molar refractivity (Wildman–Crippen MR) is 100 cm³/mol. The van der Waals surface area contributed by atoms with Gasteiger partial charge in [-0.05, 0) is 41.5 Å². The van der Waals surface area contributed by atoms with Gasteiger partial charge in [0.05, 0.1) is 12.1 Å². The molecule has 138 valence electrons. The van der Waals surface area contributed by atoms with E-state index in [1.807, 2.05) is 24.3 Å². The van der Waals surface area contributed by atoms with Crippen LogP contribution in [0.4, 0.5) is 16.0 Å². The Kier molecular flexibility index (Phi) is 5.73. The monoisotopic (exact) mass is 366 g/mol. The second-order valence-electron chi connectivity index (χ2n) is 6.03. The van der Waals surface area contributed by atoms with Gasteiger partial charge in [0, 0.05) is 24.3 Å². The lowest BCUT2D eigenvalue weighted by atomic mass is 9.92. The van der Waals surface area contributed by atoms with Gasteiger partial charge in [0.1, 0.15) is 5.82 Å². The van der Waals surface area contributed by atoms with E-state index < -0.39 is 11.9 Å². The molecule has 0 fully saturated rings. The minimum atomic E-state index is -0.963. The fraction of sp³-hybridized carbons (Fsp3) is 0.150. The number of hydrogen-bond acceptors (Lipinski definition) is 5. The van der Waals surface area contributed by atoms with Crippen molar-refractivity contribution in [1.82, 2.24) is 9.97 Å². The van der Waals surface area contributed by atoms with Crippen molar-refractivity contribution in [1.29, 1.82) is 0 Å². The Morgan fingerprint density at radius 3 is 2.44 bits per heavy atom. The van der Waals surface area contributed by atoms with E-state index in [0.29, 0.717) is 23.8 Å². The molecule has 6 nitrogen and oxygen atoms in total. The molecule has 0 aliphatic carbocycles. The zero-order chi connectivity index (χ0) is 19.2. The first-order valence-electron chi connectivity index (χ1n) is 8.41. The molecule has 1 atom stereocenters. The second kappa shape index (κ2) is 8.37. The van der Waals surface area contributed by atoms with Gasteiger partial charge in [-0.2, -0.15) is 0 Å². The van der Waals surface area contributed by atoms with E-state index in [2.05, 4.69) is 15.3 Å². The maximum absolute atomic E-state index is 13.2. The molecule has 1 aromatic heterocycles. The first-order chi connectivity index (χ1) is 13.0. The van der Waals surface area contributed by atoms with E-state index in [9.17, 15) is 14.3 Å². The fourth-order valence-corrected chi connectivity index (χ4v) is 2.74. The summed E-state index contributed by atoms with van der Waals surface area (Å²) in [5, 5.41) is 12.4. The Bertz CT molecular complexity index is 914. The molecule has 1 heterocycles. The SMILES string of the molecule is NCc1ccc(Nc2nccc(C(CC(=O)O)c3ccc(F)cc3)n2)cc1. The van der Waals surface area contributed by atoms with Crippen molar-refractivity contribution in [2.75, 3.05) is 5.32 Å². The van der Waals surface area contributed by atoms with E-state index in [4.69, 9.17) is 5.73 Å². The largest absolute Gasteiger partial charge is 0.481 e. The number of carbonyl (C=O) groups is 1. The number of nitrogens with two attached hydrogens (primary N) is 1. The Hall–Kier alpha value is -3.32. The van der Waals surface area contributed by atoms with Crippen LogP contribution >= 0.6 is 0 Å². The lowest BCUT2D eigenvalue weighted by molar-refractivity contribution is -0.137. The third-order valence-corrected chi connectivity index (χ3v) is 4.13. The summed E-state index contributed by atoms with van der Waals surface area (Å²) in [6, 6.07) is 15.0. The van der Waals surface area contributed by atoms with E-state index in [1.54, 1.807) is 24.4 Å². The number of nitrogens with one attached hydrogen (secondary N) is 1. The van der Waals surface area contributed by atoms with Crippen molar-refractivity contribution in [3.05, 3.63) is 83.4 Å². The Morgan fingerprint density at radius 2 is 1.81 bits per heavy atom. The van der Waals surface area contributed by atoms with Gasteiger partial charge in [-0.15, -0.1) is 0 Å². The third kappa shape index (κ3) is 4.86. The van der Waals surface area contributed by atoms with Crippen LogP contribution in [0.2, 0.25) is 0 Å². The molecule has 2 aromatic carbocycles. The molecule has 0 saturated carbocycles. The van der Waals surface area contributed by atoms with Crippen molar-refractivity contribution in [2.24, 2.45) is 5.73 Å². The molecular formula is C20H19FN4O2. The minimum absolute atomic E-state index is 0.159. The summed E-state index contributed by atoms with van der Waals surface area (Å²) in [4.78, 5) is 20.0. The number of aromatic nitrogens is 2. The molecule has 3 rings (SSSR count). The van der Waals surface area contributed by atoms with Crippen molar-refractivity contribution in [3.63, 3.8) is 0 Å². The van der Waals surface area contributed by atoms with Gasteiger partial charge in [0.15, 0.2) is 0 Å². The van der Waals surface area contributed by atoms with E-state index in [-0.39, 0.29) is 12.2 Å². The molecule has 0 spiro atoms. The summed E-state index contributed by atoms with van der Waals surface area (Å²) in [6.07, 6.45) is 1.41. The van der Waals surface area contributed by atoms with E-state index in [0.717, 1.165) is 11.3 Å². The summed E-state index contributed by atoms with van der Waals surface area (Å²) in [5.41, 5.74) is 8.61. The molecular weight excluding hydrogens is 347 g/mol. The summed E-state index contributed by atoms with van der Waals surface area (Å²) < 4.78 is 13.2. The molecule has 0 saturated heterocycles. The predicted octanol–water partition coefficient (Wildman–Crippen LogP) is 3.42. The number of carboxylic acid groups (broad SMARTS) is 1. The van der Waals surface area contributed by atoms with Gasteiger partial charge >= 0.3 is 5.97 Å². The molecule has 0 radical (unpaired) electrons. The summed E-state index contributed by atoms with van der Waals surface area (Å²) >= 11 is 0. The van der Waals surface area contributed by atoms with Gasteiger partial charge < -0.3 is 16.2 Å². The van der Waals surface area contributed by atoms with Gasteiger partial charge in [0.25, 0.3) is 0 Å². The number of carboxylic acids is 1. The lowest BCUT2D eigenvalue weighted by Gasteiger charge is -2.16. The van der Waals surface area contributed by atoms with Crippen molar-refractivity contribution < 1.29 is 14.3 Å². The van der Waals surface area contributed by atoms with Gasteiger partial charge in [-0.25, -0.2) is 14.4 Å². The summed E-state index contributed by atoms with van der Waals surface area (Å²) in [6.45, 7) is 0.459. The van der Waals surface area contributed by atoms with Crippen LogP contribution in [0, 0.1) is 5.82 Å². The summed E-state index contributed by atoms with van der Waals surface area (Å²) in [7, 11) is 0. The highest BCUT2D eigenvalue weighted by atomic mass is 19.1. The number of aliphatic carboxylic acids is 1. The normalized spacial score (nSPS) is 11.8. The highest BCUT2D eigenvalue weighted by Gasteiger charge is 2.20. The highest BCUT2D eigenvalue weighted by Crippen LogP contribution is 2.27. The maximum atomic E-state index is 13.2. The molecule has 3 aromatic rings. The highest BCUT2D eigenvalue weighted by molar-refractivity contribution is 5.69. The number of benzene rings is 2. The topological polar surface area (TPSA) is 101 Å². The van der Waals surface area contributed by atoms with Crippen LogP contribution in [0.3, 0.4) is 0 Å². The second-order valence-corrected chi connectivity index (χ2v) is 6.03. The Labute approximate surface area is 155 Å². The molecule has 27 heavy (non-hydrogen) atoms. The molecule has 0 aliphatic rings. The lowest BCUT2D eigenvalue weighted by Crippen LogP contribution is -2.11. The van der Waals surface area contributed by atoms with Crippen LogP contribution < -0.4 is 11.1 Å². The van der Waals surface area contributed by atoms with Gasteiger partial charge in [-0.1, -0.05) is 24.3 Å². The van der Waals surface area contributed by atoms with Crippen LogP contribution in [0.5, 0.6) is 0 Å². The standard InChI is InChI=1S/C20H19FN4O2/c21-15-5-3-14(4-6-15)17(11-19(26)27)18-9-10-23-20(25-18)24-16-7-1-13(12-22)2-8-16/h1-10,17H,11-12,22H2,(H,26,27)(H,23,24,25). The van der Waals surface area contributed by atoms with Crippen LogP contribution in [0.1, 0.15) is 29.2 Å². The van der Waals surface area contributed by atoms with Crippen molar-refractivity contribution in [2.45, 2.75) is 18.9 Å². The molecule has 0 aliphatic heterocycles. The first kappa shape index (κ1) is 18.5. The van der Waals surface area contributed by atoms with E-state index in [1.165, 1.54) is 12.1 Å². The number of hydrogen-bond donors (Lipinski definition) is 3. The molecule has 7 heteroatoms. The molecule has 0 bridgehead atoms. The zero-order valence-corrected chi connectivity index (χ0v) is 14.5. The molecule has 0 amide bonds. The van der Waals surface area contributed by atoms with E-state index >= 15 is 0 Å². The number of nitrogens with zero attached hydrogens (tertiary/aromatic N) is 2. The van der Waals surface area contributed by atoms with Crippen LogP contribution in [-0.4, -0.2) is 21.0 Å². The molecule has 1 unspecified atom stereocenters. The maximum Gasteiger partial charge on any atom is 0.304 e. The van der Waals surface area contributed by atoms with Crippen molar-refractivity contribution in [3.8, 4) is 0 Å². The van der Waals surface area contributed by atoms with Crippen LogP contribution in [-0.2, 0) is 11.3 Å². The average molecular weight is 366 g/mol. The smallest absolute Gasteiger partial charge is 0.304 e. The fourth-order valence-electron chi connectivity index (χ4n) is 2.74. The number of rotatable bonds is 7. The van der Waals surface area contributed by atoms with Crippen molar-refractivity contribution >= 4 is 17.6 Å². The zero-order valence-electron chi connectivity index (χ0n) is 14.5. The Morgan fingerprint density at radius 1 is 1.11 bits per heavy atom. The van der Waals surface area contributed by atoms with Gasteiger partial charge in [-0.3, -0.25) is 4.79 Å². The average Bonchev–Trinajstić information content (AvgIpc) is 2.68.